The van der Waals surface area contributed by atoms with Crippen molar-refractivity contribution in [3.63, 3.8) is 0 Å². The van der Waals surface area contributed by atoms with Crippen LogP contribution in [0.1, 0.15) is 5.56 Å². The van der Waals surface area contributed by atoms with E-state index in [2.05, 4.69) is 36.2 Å². The molecule has 10 heteroatoms. The second kappa shape index (κ2) is 8.67. The molecule has 0 saturated carbocycles. The van der Waals surface area contributed by atoms with E-state index in [4.69, 9.17) is 9.47 Å². The number of ether oxygens (including phenoxy) is 3. The minimum Gasteiger partial charge on any atom is -0.495 e. The van der Waals surface area contributed by atoms with Crippen LogP contribution in [0.2, 0.25) is 0 Å². The molecule has 1 aliphatic rings. The van der Waals surface area contributed by atoms with Crippen LogP contribution in [0.4, 0.5) is 0 Å². The number of amides is 1. The zero-order valence-electron chi connectivity index (χ0n) is 13.5. The predicted octanol–water partition coefficient (Wildman–Crippen LogP) is 2.08. The zero-order valence-corrected chi connectivity index (χ0v) is 15.9. The molecule has 0 bridgehead atoms. The molecule has 1 heterocycles. The molecule has 2 rings (SSSR count). The van der Waals surface area contributed by atoms with Gasteiger partial charge in [0.15, 0.2) is 5.17 Å². The van der Waals surface area contributed by atoms with E-state index in [1.807, 2.05) is 0 Å². The summed E-state index contributed by atoms with van der Waals surface area (Å²) in [5.74, 6) is 0.119. The molecule has 8 nitrogen and oxygen atoms in total. The minimum atomic E-state index is -0.614. The number of halogens is 1. The van der Waals surface area contributed by atoms with Crippen LogP contribution in [-0.2, 0) is 14.3 Å². The third-order valence-corrected chi connectivity index (χ3v) is 4.61. The standard InChI is InChI=1S/C15H14BrN3O5S/c1-22-9-4-8(5-10(23-2)13(9)16)7-17-19-15-18-14(21)11(25-15)6-12(20)24-3/h4-7H,1-3H3,(H,18,19,21)/b11-6+,17-7?. The molecule has 0 spiro atoms. The van der Waals surface area contributed by atoms with E-state index in [9.17, 15) is 9.59 Å². The van der Waals surface area contributed by atoms with E-state index in [1.165, 1.54) is 13.3 Å². The molecule has 1 fully saturated rings. The highest BCUT2D eigenvalue weighted by atomic mass is 79.9. The third kappa shape index (κ3) is 4.83. The average Bonchev–Trinajstić information content (AvgIpc) is 2.95. The van der Waals surface area contributed by atoms with Crippen molar-refractivity contribution in [2.24, 2.45) is 10.2 Å². The lowest BCUT2D eigenvalue weighted by Crippen LogP contribution is -2.19. The van der Waals surface area contributed by atoms with Gasteiger partial charge in [-0.15, -0.1) is 5.10 Å². The summed E-state index contributed by atoms with van der Waals surface area (Å²) in [4.78, 5) is 23.1. The van der Waals surface area contributed by atoms with Crippen molar-refractivity contribution >= 4 is 51.0 Å². The monoisotopic (exact) mass is 427 g/mol. The van der Waals surface area contributed by atoms with Crippen molar-refractivity contribution in [1.82, 2.24) is 5.32 Å². The number of esters is 1. The van der Waals surface area contributed by atoms with Gasteiger partial charge in [0, 0.05) is 11.6 Å². The third-order valence-electron chi connectivity index (χ3n) is 2.92. The molecule has 1 saturated heterocycles. The van der Waals surface area contributed by atoms with Crippen LogP contribution in [0.25, 0.3) is 0 Å². The zero-order chi connectivity index (χ0) is 18.4. The van der Waals surface area contributed by atoms with Crippen LogP contribution < -0.4 is 14.8 Å². The summed E-state index contributed by atoms with van der Waals surface area (Å²) in [6.07, 6.45) is 2.58. The number of benzene rings is 1. The summed E-state index contributed by atoms with van der Waals surface area (Å²) in [6.45, 7) is 0. The minimum absolute atomic E-state index is 0.188. The van der Waals surface area contributed by atoms with Gasteiger partial charge in [0.2, 0.25) is 0 Å². The van der Waals surface area contributed by atoms with E-state index >= 15 is 0 Å². The maximum absolute atomic E-state index is 11.7. The molecular formula is C15H14BrN3O5S. The van der Waals surface area contributed by atoms with Crippen molar-refractivity contribution in [2.75, 3.05) is 21.3 Å². The topological polar surface area (TPSA) is 98.6 Å². The highest BCUT2D eigenvalue weighted by molar-refractivity contribution is 9.10. The Morgan fingerprint density at radius 1 is 1.24 bits per heavy atom. The number of carbonyl (C=O) groups is 2. The number of hydrogen-bond donors (Lipinski definition) is 1. The highest BCUT2D eigenvalue weighted by Gasteiger charge is 2.25. The van der Waals surface area contributed by atoms with Gasteiger partial charge in [0.1, 0.15) is 16.0 Å². The number of thioether (sulfide) groups is 1. The summed E-state index contributed by atoms with van der Waals surface area (Å²) < 4.78 is 15.7. The first-order valence-corrected chi connectivity index (χ1v) is 8.40. The first kappa shape index (κ1) is 19.0. The summed E-state index contributed by atoms with van der Waals surface area (Å²) in [5, 5.41) is 10.6. The summed E-state index contributed by atoms with van der Waals surface area (Å²) in [7, 11) is 4.32. The van der Waals surface area contributed by atoms with Crippen molar-refractivity contribution in [1.29, 1.82) is 0 Å². The molecule has 1 amide bonds. The van der Waals surface area contributed by atoms with Gasteiger partial charge in [-0.1, -0.05) is 0 Å². The van der Waals surface area contributed by atoms with E-state index in [0.717, 1.165) is 17.8 Å². The Morgan fingerprint density at radius 3 is 2.44 bits per heavy atom. The SMILES string of the molecule is COC(=O)/C=C1/S/C(=N\N=Cc2cc(OC)c(Br)c(OC)c2)NC1=O. The molecule has 1 N–H and O–H groups in total. The van der Waals surface area contributed by atoms with Crippen LogP contribution in [-0.4, -0.2) is 44.6 Å². The van der Waals surface area contributed by atoms with Crippen molar-refractivity contribution in [3.05, 3.63) is 33.2 Å². The van der Waals surface area contributed by atoms with Crippen molar-refractivity contribution < 1.29 is 23.8 Å². The molecule has 0 radical (unpaired) electrons. The molecule has 0 aromatic heterocycles. The quantitative estimate of drug-likeness (QED) is 0.334. The number of carbonyl (C=O) groups excluding carboxylic acids is 2. The van der Waals surface area contributed by atoms with Crippen molar-refractivity contribution in [3.8, 4) is 11.5 Å². The Morgan fingerprint density at radius 2 is 1.88 bits per heavy atom. The molecule has 1 aliphatic heterocycles. The number of methoxy groups -OCH3 is 3. The molecule has 25 heavy (non-hydrogen) atoms. The summed E-state index contributed by atoms with van der Waals surface area (Å²) >= 11 is 4.37. The Hall–Kier alpha value is -2.33. The smallest absolute Gasteiger partial charge is 0.331 e. The summed E-state index contributed by atoms with van der Waals surface area (Å²) in [6, 6.07) is 3.50. The molecule has 132 valence electrons. The number of nitrogens with one attached hydrogen (secondary N) is 1. The lowest BCUT2D eigenvalue weighted by atomic mass is 10.2. The normalized spacial score (nSPS) is 17.2. The first-order chi connectivity index (χ1) is 12.0. The number of rotatable bonds is 5. The maximum atomic E-state index is 11.7. The van der Waals surface area contributed by atoms with Gasteiger partial charge in [-0.25, -0.2) is 4.79 Å². The highest BCUT2D eigenvalue weighted by Crippen LogP contribution is 2.35. The molecule has 0 unspecified atom stereocenters. The molecular weight excluding hydrogens is 414 g/mol. The van der Waals surface area contributed by atoms with Gasteiger partial charge in [-0.05, 0) is 39.8 Å². The molecule has 1 aromatic rings. The fourth-order valence-corrected chi connectivity index (χ4v) is 3.04. The Bertz CT molecular complexity index is 766. The van der Waals surface area contributed by atoms with Crippen LogP contribution in [0.15, 0.2) is 37.8 Å². The van der Waals surface area contributed by atoms with Gasteiger partial charge >= 0.3 is 5.97 Å². The number of hydrogen-bond acceptors (Lipinski definition) is 8. The maximum Gasteiger partial charge on any atom is 0.331 e. The Labute approximate surface area is 156 Å². The van der Waals surface area contributed by atoms with E-state index in [0.29, 0.717) is 21.5 Å². The van der Waals surface area contributed by atoms with Crippen LogP contribution in [0.5, 0.6) is 11.5 Å². The summed E-state index contributed by atoms with van der Waals surface area (Å²) in [5.41, 5.74) is 0.695. The lowest BCUT2D eigenvalue weighted by Gasteiger charge is -2.09. The second-order valence-electron chi connectivity index (χ2n) is 4.48. The number of nitrogens with zero attached hydrogens (tertiary/aromatic N) is 2. The Kier molecular flexibility index (Phi) is 6.59. The average molecular weight is 428 g/mol. The fraction of sp³-hybridized carbons (Fsp3) is 0.200. The van der Waals surface area contributed by atoms with Gasteiger partial charge in [-0.2, -0.15) is 5.10 Å². The van der Waals surface area contributed by atoms with Crippen molar-refractivity contribution in [2.45, 2.75) is 0 Å². The lowest BCUT2D eigenvalue weighted by molar-refractivity contribution is -0.135. The van der Waals surface area contributed by atoms with Gasteiger partial charge < -0.3 is 14.2 Å². The van der Waals surface area contributed by atoms with E-state index < -0.39 is 11.9 Å². The largest absolute Gasteiger partial charge is 0.495 e. The molecule has 0 atom stereocenters. The van der Waals surface area contributed by atoms with E-state index in [1.54, 1.807) is 26.4 Å². The Balaban J connectivity index is 2.16. The second-order valence-corrected chi connectivity index (χ2v) is 6.30. The van der Waals surface area contributed by atoms with Crippen LogP contribution in [0, 0.1) is 0 Å². The predicted molar refractivity (Wildman–Crippen MR) is 98.1 cm³/mol. The molecule has 1 aromatic carbocycles. The van der Waals surface area contributed by atoms with E-state index in [-0.39, 0.29) is 10.1 Å². The number of amidine groups is 1. The van der Waals surface area contributed by atoms with Crippen LogP contribution >= 0.6 is 27.7 Å². The van der Waals surface area contributed by atoms with Gasteiger partial charge in [-0.3, -0.25) is 10.1 Å². The molecule has 0 aliphatic carbocycles. The fourth-order valence-electron chi connectivity index (χ4n) is 1.75. The van der Waals surface area contributed by atoms with Gasteiger partial charge in [0.25, 0.3) is 5.91 Å². The van der Waals surface area contributed by atoms with Crippen LogP contribution in [0.3, 0.4) is 0 Å². The van der Waals surface area contributed by atoms with Gasteiger partial charge in [0.05, 0.1) is 32.4 Å². The first-order valence-electron chi connectivity index (χ1n) is 6.80.